The van der Waals surface area contributed by atoms with Gasteiger partial charge in [-0.05, 0) is 31.4 Å². The molecule has 2 atom stereocenters. The third-order valence-corrected chi connectivity index (χ3v) is 4.71. The van der Waals surface area contributed by atoms with Crippen molar-refractivity contribution in [2.24, 2.45) is 0 Å². The van der Waals surface area contributed by atoms with Crippen LogP contribution < -0.4 is 5.32 Å². The fraction of sp³-hybridized carbons (Fsp3) is 0.765. The first-order chi connectivity index (χ1) is 11.3. The van der Waals surface area contributed by atoms with E-state index in [4.69, 9.17) is 19.0 Å². The van der Waals surface area contributed by atoms with E-state index in [1.54, 1.807) is 6.26 Å². The fourth-order valence-electron chi connectivity index (χ4n) is 3.46. The highest BCUT2D eigenvalue weighted by atomic mass is 16.5. The van der Waals surface area contributed by atoms with Crippen LogP contribution >= 0.6 is 0 Å². The molecule has 0 bridgehead atoms. The quantitative estimate of drug-likeness (QED) is 0.780. The number of hydrogen-bond acceptors (Lipinski definition) is 6. The van der Waals surface area contributed by atoms with Crippen LogP contribution in [0.2, 0.25) is 0 Å². The highest BCUT2D eigenvalue weighted by molar-refractivity contribution is 4.98. The van der Waals surface area contributed by atoms with Crippen LogP contribution in [0.25, 0.3) is 0 Å². The zero-order valence-electron chi connectivity index (χ0n) is 13.7. The Hall–Kier alpha value is -0.920. The molecular weight excluding hydrogens is 296 g/mol. The summed E-state index contributed by atoms with van der Waals surface area (Å²) in [5, 5.41) is 12.7. The molecule has 0 spiro atoms. The lowest BCUT2D eigenvalue weighted by atomic mass is 10.00. The van der Waals surface area contributed by atoms with Gasteiger partial charge in [-0.25, -0.2) is 0 Å². The van der Waals surface area contributed by atoms with Crippen molar-refractivity contribution in [2.45, 2.75) is 44.0 Å². The van der Waals surface area contributed by atoms with Gasteiger partial charge in [-0.1, -0.05) is 0 Å². The van der Waals surface area contributed by atoms with Gasteiger partial charge in [0.1, 0.15) is 5.76 Å². The van der Waals surface area contributed by atoms with Crippen LogP contribution in [0, 0.1) is 0 Å². The average Bonchev–Trinajstić information content (AvgIpc) is 3.09. The maximum absolute atomic E-state index is 8.95. The summed E-state index contributed by atoms with van der Waals surface area (Å²) in [6.07, 6.45) is 5.04. The molecule has 2 saturated heterocycles. The van der Waals surface area contributed by atoms with Crippen LogP contribution in [0.5, 0.6) is 0 Å². The van der Waals surface area contributed by atoms with Gasteiger partial charge < -0.3 is 24.3 Å². The molecule has 6 nitrogen and oxygen atoms in total. The summed E-state index contributed by atoms with van der Waals surface area (Å²) in [6.45, 7) is 4.98. The summed E-state index contributed by atoms with van der Waals surface area (Å²) in [5.41, 5.74) is 0. The summed E-state index contributed by atoms with van der Waals surface area (Å²) >= 11 is 0. The van der Waals surface area contributed by atoms with Crippen molar-refractivity contribution in [1.29, 1.82) is 0 Å². The van der Waals surface area contributed by atoms with Gasteiger partial charge in [0.15, 0.2) is 0 Å². The van der Waals surface area contributed by atoms with Gasteiger partial charge >= 0.3 is 0 Å². The normalized spacial score (nSPS) is 27.3. The number of rotatable bonds is 7. The minimum Gasteiger partial charge on any atom is -0.468 e. The maximum atomic E-state index is 8.95. The van der Waals surface area contributed by atoms with E-state index in [2.05, 4.69) is 10.2 Å². The third-order valence-electron chi connectivity index (χ3n) is 4.71. The number of likely N-dealkylation sites (tertiary alicyclic amines) is 1. The SMILES string of the molecule is OCCO[C@H]1CCOC[C@H]1NC1CCN(Cc2ccco2)CC1. The summed E-state index contributed by atoms with van der Waals surface area (Å²) in [4.78, 5) is 2.44. The standard InChI is InChI=1S/C17H28N2O4/c20-8-11-23-17-5-10-21-13-16(17)18-14-3-6-19(7-4-14)12-15-2-1-9-22-15/h1-2,9,14,16-18,20H,3-8,10-13H2/t16-,17+/m1/s1. The van der Waals surface area contributed by atoms with E-state index in [0.717, 1.165) is 51.3 Å². The lowest BCUT2D eigenvalue weighted by Crippen LogP contribution is -2.54. The lowest BCUT2D eigenvalue weighted by molar-refractivity contribution is -0.0672. The summed E-state index contributed by atoms with van der Waals surface area (Å²) in [5.74, 6) is 1.04. The fourth-order valence-corrected chi connectivity index (χ4v) is 3.46. The number of ether oxygens (including phenoxy) is 2. The Morgan fingerprint density at radius 3 is 2.91 bits per heavy atom. The number of aliphatic hydroxyl groups is 1. The first kappa shape index (κ1) is 16.9. The highest BCUT2D eigenvalue weighted by Crippen LogP contribution is 2.18. The Bertz CT molecular complexity index is 432. The molecule has 1 aromatic heterocycles. The average molecular weight is 324 g/mol. The maximum Gasteiger partial charge on any atom is 0.117 e. The van der Waals surface area contributed by atoms with Gasteiger partial charge in [-0.15, -0.1) is 0 Å². The number of piperidine rings is 1. The zero-order chi connectivity index (χ0) is 15.9. The number of nitrogens with zero attached hydrogens (tertiary/aromatic N) is 1. The van der Waals surface area contributed by atoms with E-state index < -0.39 is 0 Å². The van der Waals surface area contributed by atoms with E-state index >= 15 is 0 Å². The first-order valence-electron chi connectivity index (χ1n) is 8.66. The number of nitrogens with one attached hydrogen (secondary N) is 1. The molecule has 0 saturated carbocycles. The minimum absolute atomic E-state index is 0.0786. The molecule has 0 amide bonds. The van der Waals surface area contributed by atoms with Crippen LogP contribution in [0.15, 0.2) is 22.8 Å². The van der Waals surface area contributed by atoms with Crippen molar-refractivity contribution in [1.82, 2.24) is 10.2 Å². The van der Waals surface area contributed by atoms with Crippen LogP contribution in [0.1, 0.15) is 25.0 Å². The topological polar surface area (TPSA) is 67.1 Å². The van der Waals surface area contributed by atoms with Gasteiger partial charge in [-0.2, -0.15) is 0 Å². The van der Waals surface area contributed by atoms with Crippen LogP contribution in [-0.4, -0.2) is 67.7 Å². The molecular formula is C17H28N2O4. The monoisotopic (exact) mass is 324 g/mol. The van der Waals surface area contributed by atoms with Crippen molar-refractivity contribution in [3.63, 3.8) is 0 Å². The van der Waals surface area contributed by atoms with E-state index in [1.807, 2.05) is 12.1 Å². The van der Waals surface area contributed by atoms with E-state index in [0.29, 0.717) is 19.3 Å². The molecule has 0 radical (unpaired) electrons. The molecule has 6 heteroatoms. The second-order valence-electron chi connectivity index (χ2n) is 6.40. The molecule has 3 heterocycles. The highest BCUT2D eigenvalue weighted by Gasteiger charge is 2.29. The van der Waals surface area contributed by atoms with Gasteiger partial charge in [0.25, 0.3) is 0 Å². The molecule has 2 aliphatic heterocycles. The molecule has 2 N–H and O–H groups in total. The minimum atomic E-state index is 0.0786. The molecule has 1 aromatic rings. The molecule has 2 aliphatic rings. The summed E-state index contributed by atoms with van der Waals surface area (Å²) < 4.78 is 16.8. The van der Waals surface area contributed by atoms with E-state index in [9.17, 15) is 0 Å². The largest absolute Gasteiger partial charge is 0.468 e. The number of furan rings is 1. The molecule has 0 aliphatic carbocycles. The van der Waals surface area contributed by atoms with Crippen LogP contribution in [0.3, 0.4) is 0 Å². The van der Waals surface area contributed by atoms with Crippen molar-refractivity contribution >= 4 is 0 Å². The predicted octanol–water partition coefficient (Wildman–Crippen LogP) is 1.00. The Kier molecular flexibility index (Phi) is 6.47. The molecule has 0 aromatic carbocycles. The first-order valence-corrected chi connectivity index (χ1v) is 8.66. The van der Waals surface area contributed by atoms with Gasteiger partial charge in [0.2, 0.25) is 0 Å². The number of aliphatic hydroxyl groups excluding tert-OH is 1. The second-order valence-corrected chi connectivity index (χ2v) is 6.40. The zero-order valence-corrected chi connectivity index (χ0v) is 13.7. The summed E-state index contributed by atoms with van der Waals surface area (Å²) in [7, 11) is 0. The van der Waals surface area contributed by atoms with E-state index in [1.165, 1.54) is 0 Å². The Labute approximate surface area is 137 Å². The van der Waals surface area contributed by atoms with Gasteiger partial charge in [0, 0.05) is 25.7 Å². The van der Waals surface area contributed by atoms with Crippen molar-refractivity contribution < 1.29 is 19.0 Å². The smallest absolute Gasteiger partial charge is 0.117 e. The van der Waals surface area contributed by atoms with Crippen LogP contribution in [-0.2, 0) is 16.0 Å². The number of hydrogen-bond donors (Lipinski definition) is 2. The Balaban J connectivity index is 1.42. The molecule has 3 rings (SSSR count). The molecule has 23 heavy (non-hydrogen) atoms. The van der Waals surface area contributed by atoms with Crippen molar-refractivity contribution in [3.05, 3.63) is 24.2 Å². The van der Waals surface area contributed by atoms with Gasteiger partial charge in [-0.3, -0.25) is 4.90 Å². The predicted molar refractivity (Wildman–Crippen MR) is 86.2 cm³/mol. The van der Waals surface area contributed by atoms with Crippen molar-refractivity contribution in [3.8, 4) is 0 Å². The van der Waals surface area contributed by atoms with Gasteiger partial charge in [0.05, 0.1) is 44.8 Å². The summed E-state index contributed by atoms with van der Waals surface area (Å²) in [6, 6.07) is 4.72. The van der Waals surface area contributed by atoms with Crippen molar-refractivity contribution in [2.75, 3.05) is 39.5 Å². The lowest BCUT2D eigenvalue weighted by Gasteiger charge is -2.38. The Morgan fingerprint density at radius 2 is 2.17 bits per heavy atom. The van der Waals surface area contributed by atoms with E-state index in [-0.39, 0.29) is 18.8 Å². The Morgan fingerprint density at radius 1 is 1.30 bits per heavy atom. The molecule has 2 fully saturated rings. The third kappa shape index (κ3) is 5.02. The molecule has 130 valence electrons. The molecule has 0 unspecified atom stereocenters. The second kappa shape index (κ2) is 8.80. The van der Waals surface area contributed by atoms with Crippen LogP contribution in [0.4, 0.5) is 0 Å².